The van der Waals surface area contributed by atoms with Crippen molar-refractivity contribution >= 4 is 23.5 Å². The molecule has 1 N–H and O–H groups in total. The Morgan fingerprint density at radius 1 is 0.514 bits per heavy atom. The van der Waals surface area contributed by atoms with Crippen LogP contribution in [0.4, 0.5) is 0 Å². The van der Waals surface area contributed by atoms with Crippen molar-refractivity contribution in [2.24, 2.45) is 0 Å². The number of hydrogen-bond donors (Lipinski definition) is 1. The second-order valence-electron chi connectivity index (χ2n) is 14.3. The van der Waals surface area contributed by atoms with Gasteiger partial charge in [0.2, 0.25) is 0 Å². The molecule has 0 aromatic heterocycles. The van der Waals surface area contributed by atoms with Gasteiger partial charge >= 0.3 is 0 Å². The lowest BCUT2D eigenvalue weighted by molar-refractivity contribution is 0.326. The van der Waals surface area contributed by atoms with Crippen molar-refractivity contribution in [2.45, 2.75) is 132 Å². The minimum atomic E-state index is -0.217. The Morgan fingerprint density at radius 3 is 1.03 bits per heavy atom. The van der Waals surface area contributed by atoms with Crippen LogP contribution in [0.15, 0.2) is 34.1 Å². The van der Waals surface area contributed by atoms with E-state index in [2.05, 4.69) is 121 Å². The van der Waals surface area contributed by atoms with Gasteiger partial charge in [-0.05, 0) is 59.8 Å². The van der Waals surface area contributed by atoms with Crippen molar-refractivity contribution in [2.75, 3.05) is 0 Å². The highest BCUT2D eigenvalue weighted by Crippen LogP contribution is 2.51. The van der Waals surface area contributed by atoms with E-state index in [0.717, 1.165) is 32.0 Å². The van der Waals surface area contributed by atoms with Gasteiger partial charge in [0.1, 0.15) is 5.75 Å². The Bertz CT molecular complexity index is 914. The van der Waals surface area contributed by atoms with Gasteiger partial charge in [-0.15, -0.1) is 23.5 Å². The first-order valence-electron chi connectivity index (χ1n) is 12.6. The van der Waals surface area contributed by atoms with Gasteiger partial charge in [-0.1, -0.05) is 83.1 Å². The van der Waals surface area contributed by atoms with E-state index in [9.17, 15) is 10.2 Å². The predicted molar refractivity (Wildman–Crippen MR) is 155 cm³/mol. The summed E-state index contributed by atoms with van der Waals surface area (Å²) in [5.74, 6) is 0.582. The maximum atomic E-state index is 13.3. The van der Waals surface area contributed by atoms with E-state index in [1.165, 1.54) is 0 Å². The van der Waals surface area contributed by atoms with Gasteiger partial charge in [-0.2, -0.15) is 0 Å². The van der Waals surface area contributed by atoms with Crippen LogP contribution in [0.2, 0.25) is 0 Å². The molecule has 0 heterocycles. The zero-order valence-corrected chi connectivity index (χ0v) is 26.1. The lowest BCUT2D eigenvalue weighted by atomic mass is 9.79. The van der Waals surface area contributed by atoms with Gasteiger partial charge in [-0.3, -0.25) is 5.11 Å². The Labute approximate surface area is 223 Å². The van der Waals surface area contributed by atoms with Crippen molar-refractivity contribution in [1.29, 1.82) is 0 Å². The van der Waals surface area contributed by atoms with E-state index in [1.807, 2.05) is 11.8 Å². The molecule has 4 heteroatoms. The second kappa shape index (κ2) is 9.56. The minimum absolute atomic E-state index is 0.162. The standard InChI is InChI=1S/C31H47O2S2/c1-27(2,3)21-15-19(16-22(25(21)32)28(4,5)6)34-31(13,14)35-20-17-23(29(7,8)9)26(33)24(18-20)30(10,11)12/h15-18,32H,1-14H3. The van der Waals surface area contributed by atoms with Crippen LogP contribution in [0, 0.1) is 0 Å². The van der Waals surface area contributed by atoms with Crippen molar-refractivity contribution in [1.82, 2.24) is 0 Å². The lowest BCUT2D eigenvalue weighted by Gasteiger charge is -2.31. The number of rotatable bonds is 4. The molecule has 0 fully saturated rings. The molecular weight excluding hydrogens is 468 g/mol. The van der Waals surface area contributed by atoms with E-state index < -0.39 is 0 Å². The third kappa shape index (κ3) is 7.38. The molecule has 0 aliphatic heterocycles. The van der Waals surface area contributed by atoms with Crippen LogP contribution >= 0.6 is 23.5 Å². The van der Waals surface area contributed by atoms with Crippen LogP contribution in [0.5, 0.6) is 11.5 Å². The molecule has 2 aromatic carbocycles. The molecule has 0 aliphatic rings. The summed E-state index contributed by atoms with van der Waals surface area (Å²) in [7, 11) is 0. The fourth-order valence-corrected chi connectivity index (χ4v) is 6.76. The van der Waals surface area contributed by atoms with Crippen molar-refractivity contribution in [3.05, 3.63) is 46.5 Å². The Morgan fingerprint density at radius 2 is 0.771 bits per heavy atom. The molecule has 0 saturated heterocycles. The van der Waals surface area contributed by atoms with E-state index in [0.29, 0.717) is 5.75 Å². The van der Waals surface area contributed by atoms with Crippen LogP contribution in [0.25, 0.3) is 0 Å². The van der Waals surface area contributed by atoms with Gasteiger partial charge in [0.05, 0.1) is 4.08 Å². The molecule has 195 valence electrons. The first kappa shape index (κ1) is 30.0. The maximum absolute atomic E-state index is 13.3. The third-order valence-electron chi connectivity index (χ3n) is 6.11. The molecule has 0 bridgehead atoms. The quantitative estimate of drug-likeness (QED) is 0.325. The van der Waals surface area contributed by atoms with Gasteiger partial charge in [-0.25, -0.2) is 0 Å². The Hall–Kier alpha value is -1.26. The molecule has 2 rings (SSSR count). The number of benzene rings is 2. The summed E-state index contributed by atoms with van der Waals surface area (Å²) in [5, 5.41) is 24.4. The molecule has 0 unspecified atom stereocenters. The van der Waals surface area contributed by atoms with Crippen LogP contribution in [0.1, 0.15) is 119 Å². The van der Waals surface area contributed by atoms with E-state index in [1.54, 1.807) is 11.8 Å². The largest absolute Gasteiger partial charge is 0.507 e. The number of phenols is 1. The average molecular weight is 516 g/mol. The molecule has 2 nitrogen and oxygen atoms in total. The minimum Gasteiger partial charge on any atom is -0.507 e. The molecule has 0 amide bonds. The van der Waals surface area contributed by atoms with E-state index in [-0.39, 0.29) is 31.5 Å². The summed E-state index contributed by atoms with van der Waals surface area (Å²) >= 11 is 3.62. The molecule has 1 radical (unpaired) electrons. The second-order valence-corrected chi connectivity index (χ2v) is 18.0. The highest BCUT2D eigenvalue weighted by atomic mass is 32.2. The first-order valence-corrected chi connectivity index (χ1v) is 14.2. The molecule has 0 saturated carbocycles. The van der Waals surface area contributed by atoms with Crippen LogP contribution in [-0.2, 0) is 26.8 Å². The third-order valence-corrected chi connectivity index (χ3v) is 8.53. The van der Waals surface area contributed by atoms with Crippen molar-refractivity contribution < 1.29 is 10.2 Å². The number of phenolic OH excluding ortho intramolecular Hbond substituents is 1. The molecule has 35 heavy (non-hydrogen) atoms. The summed E-state index contributed by atoms with van der Waals surface area (Å²) in [5.41, 5.74) is 2.96. The summed E-state index contributed by atoms with van der Waals surface area (Å²) in [6, 6.07) is 8.50. The van der Waals surface area contributed by atoms with Crippen LogP contribution in [-0.4, -0.2) is 9.19 Å². The van der Waals surface area contributed by atoms with Gasteiger partial charge in [0.15, 0.2) is 5.75 Å². The van der Waals surface area contributed by atoms with E-state index in [4.69, 9.17) is 0 Å². The maximum Gasteiger partial charge on any atom is 0.186 e. The summed E-state index contributed by atoms with van der Waals surface area (Å²) < 4.78 is -0.185. The van der Waals surface area contributed by atoms with Crippen LogP contribution in [0.3, 0.4) is 0 Å². The zero-order valence-electron chi connectivity index (χ0n) is 24.5. The topological polar surface area (TPSA) is 40.1 Å². The lowest BCUT2D eigenvalue weighted by Crippen LogP contribution is -2.18. The van der Waals surface area contributed by atoms with Gasteiger partial charge in [0.25, 0.3) is 0 Å². The summed E-state index contributed by atoms with van der Waals surface area (Å²) in [6.45, 7) is 30.0. The number of hydrogen-bond acceptors (Lipinski definition) is 3. The summed E-state index contributed by atoms with van der Waals surface area (Å²) in [6.07, 6.45) is 0. The zero-order chi connectivity index (χ0) is 27.4. The van der Waals surface area contributed by atoms with Crippen LogP contribution < -0.4 is 0 Å². The normalized spacial score (nSPS) is 13.9. The number of thioether (sulfide) groups is 2. The average Bonchev–Trinajstić information content (AvgIpc) is 2.60. The van der Waals surface area contributed by atoms with Gasteiger partial charge < -0.3 is 5.11 Å². The Kier molecular flexibility index (Phi) is 8.18. The highest BCUT2D eigenvalue weighted by Gasteiger charge is 2.32. The van der Waals surface area contributed by atoms with Gasteiger partial charge in [0, 0.05) is 32.0 Å². The number of aromatic hydroxyl groups is 1. The van der Waals surface area contributed by atoms with E-state index >= 15 is 0 Å². The monoisotopic (exact) mass is 515 g/mol. The molecular formula is C31H47O2S2. The SMILES string of the molecule is CC(C)(Sc1cc(C(C)(C)C)c([O])c(C(C)(C)C)c1)Sc1cc(C(C)(C)C)c(O)c(C(C)(C)C)c1. The molecule has 0 aliphatic carbocycles. The molecule has 0 spiro atoms. The molecule has 2 aromatic rings. The fraction of sp³-hybridized carbons (Fsp3) is 0.613. The Balaban J connectivity index is 2.57. The fourth-order valence-electron chi connectivity index (χ4n) is 4.17. The smallest absolute Gasteiger partial charge is 0.186 e. The predicted octanol–water partition coefficient (Wildman–Crippen LogP) is 10.3. The highest BCUT2D eigenvalue weighted by molar-refractivity contribution is 8.18. The molecule has 0 atom stereocenters. The first-order chi connectivity index (χ1) is 15.4. The van der Waals surface area contributed by atoms with Crippen molar-refractivity contribution in [3.63, 3.8) is 0 Å². The summed E-state index contributed by atoms with van der Waals surface area (Å²) in [4.78, 5) is 2.28. The van der Waals surface area contributed by atoms with Crippen molar-refractivity contribution in [3.8, 4) is 11.5 Å².